The summed E-state index contributed by atoms with van der Waals surface area (Å²) in [5, 5.41) is 12.6. The number of hydrogen-bond donors (Lipinski definition) is 2. The van der Waals surface area contributed by atoms with E-state index in [0.29, 0.717) is 18.0 Å². The highest BCUT2D eigenvalue weighted by molar-refractivity contribution is 5.25. The number of benzene rings is 1. The summed E-state index contributed by atoms with van der Waals surface area (Å²) >= 11 is 0. The number of nitrogens with one attached hydrogen (secondary N) is 1. The van der Waals surface area contributed by atoms with Crippen molar-refractivity contribution in [2.45, 2.75) is 38.0 Å². The van der Waals surface area contributed by atoms with Crippen LogP contribution >= 0.6 is 0 Å². The zero-order valence-electron chi connectivity index (χ0n) is 10.8. The third-order valence-electron chi connectivity index (χ3n) is 3.76. The van der Waals surface area contributed by atoms with E-state index in [2.05, 4.69) is 5.32 Å². The highest BCUT2D eigenvalue weighted by atomic mass is 19.4. The van der Waals surface area contributed by atoms with E-state index in [-0.39, 0.29) is 6.61 Å². The lowest BCUT2D eigenvalue weighted by Gasteiger charge is -2.29. The van der Waals surface area contributed by atoms with Crippen LogP contribution in [0.2, 0.25) is 0 Å². The summed E-state index contributed by atoms with van der Waals surface area (Å²) in [6, 6.07) is 5.29. The van der Waals surface area contributed by atoms with E-state index in [4.69, 9.17) is 0 Å². The molecule has 0 aromatic heterocycles. The number of aliphatic hydroxyl groups excluding tert-OH is 1. The summed E-state index contributed by atoms with van der Waals surface area (Å²) in [4.78, 5) is 0. The van der Waals surface area contributed by atoms with Gasteiger partial charge in [0.15, 0.2) is 0 Å². The minimum Gasteiger partial charge on any atom is -0.394 e. The maximum atomic E-state index is 12.6. The first kappa shape index (κ1) is 14.3. The third-order valence-corrected chi connectivity index (χ3v) is 3.76. The van der Waals surface area contributed by atoms with Gasteiger partial charge in [-0.3, -0.25) is 0 Å². The molecular weight excluding hydrogens is 255 g/mol. The molecule has 1 aliphatic carbocycles. The van der Waals surface area contributed by atoms with Gasteiger partial charge in [-0.05, 0) is 37.3 Å². The number of alkyl halides is 3. The van der Waals surface area contributed by atoms with Crippen LogP contribution in [-0.2, 0) is 12.7 Å². The van der Waals surface area contributed by atoms with E-state index < -0.39 is 17.3 Å². The van der Waals surface area contributed by atoms with Crippen LogP contribution in [0.5, 0.6) is 0 Å². The molecule has 1 fully saturated rings. The van der Waals surface area contributed by atoms with Gasteiger partial charge in [0.1, 0.15) is 0 Å². The van der Waals surface area contributed by atoms with Crippen LogP contribution in [-0.4, -0.2) is 17.3 Å². The lowest BCUT2D eigenvalue weighted by atomic mass is 9.96. The number of hydrogen-bond acceptors (Lipinski definition) is 2. The molecule has 0 radical (unpaired) electrons. The summed E-state index contributed by atoms with van der Waals surface area (Å²) in [5.41, 5.74) is -0.451. The molecule has 1 aromatic rings. The van der Waals surface area contributed by atoms with E-state index in [1.54, 1.807) is 6.07 Å². The molecule has 19 heavy (non-hydrogen) atoms. The fourth-order valence-electron chi connectivity index (χ4n) is 2.21. The van der Waals surface area contributed by atoms with E-state index in [0.717, 1.165) is 25.0 Å². The van der Waals surface area contributed by atoms with Crippen molar-refractivity contribution in [3.05, 3.63) is 35.4 Å². The van der Waals surface area contributed by atoms with Crippen LogP contribution in [0.15, 0.2) is 24.3 Å². The van der Waals surface area contributed by atoms with Crippen molar-refractivity contribution in [3.8, 4) is 0 Å². The van der Waals surface area contributed by atoms with Gasteiger partial charge in [0.25, 0.3) is 0 Å². The molecule has 1 unspecified atom stereocenters. The van der Waals surface area contributed by atoms with Gasteiger partial charge in [0.05, 0.1) is 12.2 Å². The first-order chi connectivity index (χ1) is 8.85. The van der Waals surface area contributed by atoms with Crippen molar-refractivity contribution in [2.24, 2.45) is 5.92 Å². The van der Waals surface area contributed by atoms with Crippen LogP contribution in [0.3, 0.4) is 0 Å². The molecule has 106 valence electrons. The summed E-state index contributed by atoms with van der Waals surface area (Å²) in [7, 11) is 0. The monoisotopic (exact) mass is 273 g/mol. The molecule has 0 aliphatic heterocycles. The fraction of sp³-hybridized carbons (Fsp3) is 0.571. The zero-order chi connectivity index (χ0) is 14.1. The molecule has 0 amide bonds. The summed E-state index contributed by atoms with van der Waals surface area (Å²) < 4.78 is 37.8. The lowest BCUT2D eigenvalue weighted by molar-refractivity contribution is -0.137. The van der Waals surface area contributed by atoms with Gasteiger partial charge in [0, 0.05) is 12.1 Å². The second-order valence-electron chi connectivity index (χ2n) is 5.40. The van der Waals surface area contributed by atoms with Crippen molar-refractivity contribution in [3.63, 3.8) is 0 Å². The van der Waals surface area contributed by atoms with E-state index in [9.17, 15) is 18.3 Å². The standard InChI is InChI=1S/C14H18F3NO/c1-13(9-19,11-5-6-11)18-8-10-3-2-4-12(7-10)14(15,16)17/h2-4,7,11,18-19H,5-6,8-9H2,1H3. The Morgan fingerprint density at radius 2 is 2.00 bits per heavy atom. The first-order valence-electron chi connectivity index (χ1n) is 6.37. The quantitative estimate of drug-likeness (QED) is 0.864. The molecule has 2 N–H and O–H groups in total. The Morgan fingerprint density at radius 1 is 1.32 bits per heavy atom. The van der Waals surface area contributed by atoms with Crippen LogP contribution in [0.25, 0.3) is 0 Å². The number of halogens is 3. The average Bonchev–Trinajstić information content (AvgIpc) is 3.20. The van der Waals surface area contributed by atoms with E-state index >= 15 is 0 Å². The molecular formula is C14H18F3NO. The molecule has 1 saturated carbocycles. The molecule has 0 bridgehead atoms. The van der Waals surface area contributed by atoms with Crippen molar-refractivity contribution >= 4 is 0 Å². The minimum absolute atomic E-state index is 0.00335. The van der Waals surface area contributed by atoms with Crippen LogP contribution in [0.1, 0.15) is 30.9 Å². The SMILES string of the molecule is CC(CO)(NCc1cccc(C(F)(F)F)c1)C1CC1. The van der Waals surface area contributed by atoms with Crippen LogP contribution in [0.4, 0.5) is 13.2 Å². The molecule has 5 heteroatoms. The molecule has 1 aliphatic rings. The molecule has 0 spiro atoms. The average molecular weight is 273 g/mol. The van der Waals surface area contributed by atoms with Crippen LogP contribution < -0.4 is 5.32 Å². The highest BCUT2D eigenvalue weighted by Gasteiger charge is 2.40. The number of aliphatic hydroxyl groups is 1. The fourth-order valence-corrected chi connectivity index (χ4v) is 2.21. The van der Waals surface area contributed by atoms with Crippen molar-refractivity contribution in [2.75, 3.05) is 6.61 Å². The maximum Gasteiger partial charge on any atom is 0.416 e. The molecule has 0 saturated heterocycles. The smallest absolute Gasteiger partial charge is 0.394 e. The Kier molecular flexibility index (Phi) is 3.87. The first-order valence-corrected chi connectivity index (χ1v) is 6.37. The predicted octanol–water partition coefficient (Wildman–Crippen LogP) is 2.96. The number of rotatable bonds is 5. The van der Waals surface area contributed by atoms with Crippen molar-refractivity contribution in [1.82, 2.24) is 5.32 Å². The Balaban J connectivity index is 2.03. The Labute approximate surface area is 110 Å². The second kappa shape index (κ2) is 5.13. The summed E-state index contributed by atoms with van der Waals surface area (Å²) in [5.74, 6) is 0.420. The highest BCUT2D eigenvalue weighted by Crippen LogP contribution is 2.39. The Hall–Kier alpha value is -1.07. The third kappa shape index (κ3) is 3.48. The molecule has 1 atom stereocenters. The van der Waals surface area contributed by atoms with Gasteiger partial charge < -0.3 is 10.4 Å². The second-order valence-corrected chi connectivity index (χ2v) is 5.40. The van der Waals surface area contributed by atoms with Gasteiger partial charge in [-0.25, -0.2) is 0 Å². The van der Waals surface area contributed by atoms with Crippen molar-refractivity contribution < 1.29 is 18.3 Å². The topological polar surface area (TPSA) is 32.3 Å². The molecule has 0 heterocycles. The maximum absolute atomic E-state index is 12.6. The Bertz CT molecular complexity index is 443. The molecule has 2 nitrogen and oxygen atoms in total. The predicted molar refractivity (Wildman–Crippen MR) is 66.5 cm³/mol. The van der Waals surface area contributed by atoms with Gasteiger partial charge in [-0.1, -0.05) is 18.2 Å². The normalized spacial score (nSPS) is 19.2. The van der Waals surface area contributed by atoms with Gasteiger partial charge in [-0.15, -0.1) is 0 Å². The summed E-state index contributed by atoms with van der Waals surface area (Å²) in [6.45, 7) is 2.24. The van der Waals surface area contributed by atoms with Crippen molar-refractivity contribution in [1.29, 1.82) is 0 Å². The van der Waals surface area contributed by atoms with Gasteiger partial charge in [0.2, 0.25) is 0 Å². The minimum atomic E-state index is -4.31. The van der Waals surface area contributed by atoms with E-state index in [1.807, 2.05) is 6.92 Å². The van der Waals surface area contributed by atoms with Gasteiger partial charge in [-0.2, -0.15) is 13.2 Å². The van der Waals surface area contributed by atoms with E-state index in [1.165, 1.54) is 6.07 Å². The zero-order valence-corrected chi connectivity index (χ0v) is 10.8. The molecule has 1 aromatic carbocycles. The largest absolute Gasteiger partial charge is 0.416 e. The van der Waals surface area contributed by atoms with Crippen LogP contribution in [0, 0.1) is 5.92 Å². The van der Waals surface area contributed by atoms with Gasteiger partial charge >= 0.3 is 6.18 Å². The summed E-state index contributed by atoms with van der Waals surface area (Å²) in [6.07, 6.45) is -2.19. The Morgan fingerprint density at radius 3 is 2.53 bits per heavy atom. The lowest BCUT2D eigenvalue weighted by Crippen LogP contribution is -2.47. The molecule has 2 rings (SSSR count).